The van der Waals surface area contributed by atoms with E-state index in [1.165, 1.54) is 14.2 Å². The molecule has 1 N–H and O–H groups in total. The first-order valence-electron chi connectivity index (χ1n) is 6.65. The smallest absolute Gasteiger partial charge is 0.304 e. The molecule has 6 nitrogen and oxygen atoms in total. The molecule has 0 heterocycles. The highest BCUT2D eigenvalue weighted by atomic mass is 16.5. The molecule has 21 heavy (non-hydrogen) atoms. The van der Waals surface area contributed by atoms with E-state index in [9.17, 15) is 10.1 Å². The van der Waals surface area contributed by atoms with Crippen molar-refractivity contribution in [1.29, 1.82) is 5.26 Å². The number of carbonyl (C=O) groups is 1. The van der Waals surface area contributed by atoms with Gasteiger partial charge in [-0.25, -0.2) is 0 Å². The van der Waals surface area contributed by atoms with Crippen LogP contribution < -0.4 is 9.47 Å². The van der Waals surface area contributed by atoms with Crippen molar-refractivity contribution in [2.24, 2.45) is 0 Å². The lowest BCUT2D eigenvalue weighted by Gasteiger charge is -2.26. The van der Waals surface area contributed by atoms with E-state index in [-0.39, 0.29) is 6.42 Å². The Labute approximate surface area is 124 Å². The number of methoxy groups -OCH3 is 2. The minimum Gasteiger partial charge on any atom is -0.493 e. The zero-order valence-corrected chi connectivity index (χ0v) is 12.5. The Kier molecular flexibility index (Phi) is 6.50. The molecule has 0 aliphatic carbocycles. The second-order valence-corrected chi connectivity index (χ2v) is 4.39. The summed E-state index contributed by atoms with van der Waals surface area (Å²) in [6, 6.07) is 6.96. The Morgan fingerprint density at radius 1 is 1.43 bits per heavy atom. The van der Waals surface area contributed by atoms with Crippen LogP contribution in [0.25, 0.3) is 0 Å². The molecule has 0 aliphatic rings. The predicted molar refractivity (Wildman–Crippen MR) is 77.4 cm³/mol. The summed E-state index contributed by atoms with van der Waals surface area (Å²) in [6.45, 7) is 2.75. The van der Waals surface area contributed by atoms with Gasteiger partial charge in [0.2, 0.25) is 0 Å². The summed E-state index contributed by atoms with van der Waals surface area (Å²) < 4.78 is 10.6. The number of rotatable bonds is 8. The number of para-hydroxylation sites is 1. The standard InChI is InChI=1S/C15H20N2O4/c1-4-17(9-8-14(18)19)12(10-16)11-6-5-7-13(20-2)15(11)21-3/h5-7,12H,4,8-9H2,1-3H3,(H,18,19). The average molecular weight is 292 g/mol. The summed E-state index contributed by atoms with van der Waals surface area (Å²) >= 11 is 0. The molecular weight excluding hydrogens is 272 g/mol. The molecule has 0 aliphatic heterocycles. The van der Waals surface area contributed by atoms with Gasteiger partial charge in [0, 0.05) is 12.1 Å². The van der Waals surface area contributed by atoms with E-state index in [2.05, 4.69) is 6.07 Å². The number of carboxylic acid groups (broad SMARTS) is 1. The third-order valence-corrected chi connectivity index (χ3v) is 3.23. The molecule has 0 bridgehead atoms. The van der Waals surface area contributed by atoms with Gasteiger partial charge in [0.15, 0.2) is 11.5 Å². The van der Waals surface area contributed by atoms with Gasteiger partial charge < -0.3 is 14.6 Å². The average Bonchev–Trinajstić information content (AvgIpc) is 2.50. The summed E-state index contributed by atoms with van der Waals surface area (Å²) in [4.78, 5) is 12.5. The fourth-order valence-electron chi connectivity index (χ4n) is 2.18. The molecule has 0 amide bonds. The number of ether oxygens (including phenoxy) is 2. The third-order valence-electron chi connectivity index (χ3n) is 3.23. The normalized spacial score (nSPS) is 11.8. The fraction of sp³-hybridized carbons (Fsp3) is 0.467. The first kappa shape index (κ1) is 16.8. The summed E-state index contributed by atoms with van der Waals surface area (Å²) in [5, 5.41) is 18.3. The molecule has 114 valence electrons. The SMILES string of the molecule is CCN(CCC(=O)O)C(C#N)c1cccc(OC)c1OC. The molecule has 0 fully saturated rings. The molecule has 1 rings (SSSR count). The van der Waals surface area contributed by atoms with Crippen LogP contribution in [0.3, 0.4) is 0 Å². The Morgan fingerprint density at radius 3 is 2.62 bits per heavy atom. The van der Waals surface area contributed by atoms with E-state index < -0.39 is 12.0 Å². The minimum absolute atomic E-state index is 0.0156. The number of nitrogens with zero attached hydrogens (tertiary/aromatic N) is 2. The lowest BCUT2D eigenvalue weighted by atomic mass is 10.0. The van der Waals surface area contributed by atoms with Crippen LogP contribution in [-0.2, 0) is 4.79 Å². The van der Waals surface area contributed by atoms with Crippen molar-refractivity contribution in [1.82, 2.24) is 4.90 Å². The van der Waals surface area contributed by atoms with Crippen LogP contribution in [-0.4, -0.2) is 43.3 Å². The largest absolute Gasteiger partial charge is 0.493 e. The molecule has 6 heteroatoms. The summed E-state index contributed by atoms with van der Waals surface area (Å²) in [5.41, 5.74) is 0.673. The maximum absolute atomic E-state index is 10.7. The third kappa shape index (κ3) is 4.10. The van der Waals surface area contributed by atoms with Gasteiger partial charge in [0.1, 0.15) is 6.04 Å². The monoisotopic (exact) mass is 292 g/mol. The highest BCUT2D eigenvalue weighted by molar-refractivity contribution is 5.66. The molecule has 1 aromatic carbocycles. The van der Waals surface area contributed by atoms with Crippen molar-refractivity contribution in [2.45, 2.75) is 19.4 Å². The molecular formula is C15H20N2O4. The minimum atomic E-state index is -0.886. The van der Waals surface area contributed by atoms with Gasteiger partial charge in [-0.1, -0.05) is 19.1 Å². The topological polar surface area (TPSA) is 82.8 Å². The molecule has 1 aromatic rings. The highest BCUT2D eigenvalue weighted by Gasteiger charge is 2.24. The van der Waals surface area contributed by atoms with Crippen molar-refractivity contribution in [2.75, 3.05) is 27.3 Å². The second-order valence-electron chi connectivity index (χ2n) is 4.39. The molecule has 0 saturated heterocycles. The molecule has 0 saturated carbocycles. The number of hydrogen-bond acceptors (Lipinski definition) is 5. The van der Waals surface area contributed by atoms with Gasteiger partial charge >= 0.3 is 5.97 Å². The zero-order chi connectivity index (χ0) is 15.8. The van der Waals surface area contributed by atoms with Crippen molar-refractivity contribution in [3.63, 3.8) is 0 Å². The van der Waals surface area contributed by atoms with Crippen molar-refractivity contribution in [3.05, 3.63) is 23.8 Å². The molecule has 1 unspecified atom stereocenters. The summed E-state index contributed by atoms with van der Waals surface area (Å²) in [5.74, 6) is 0.160. The van der Waals surface area contributed by atoms with Crippen molar-refractivity contribution in [3.8, 4) is 17.6 Å². The molecule has 0 aromatic heterocycles. The van der Waals surface area contributed by atoms with Gasteiger partial charge in [-0.2, -0.15) is 5.26 Å². The highest BCUT2D eigenvalue weighted by Crippen LogP contribution is 2.36. The number of nitriles is 1. The van der Waals surface area contributed by atoms with Crippen LogP contribution in [0.5, 0.6) is 11.5 Å². The molecule has 0 radical (unpaired) electrons. The van der Waals surface area contributed by atoms with Crippen molar-refractivity contribution < 1.29 is 19.4 Å². The van der Waals surface area contributed by atoms with Crippen LogP contribution in [0.1, 0.15) is 24.9 Å². The van der Waals surface area contributed by atoms with E-state index in [0.29, 0.717) is 30.2 Å². The van der Waals surface area contributed by atoms with Crippen LogP contribution >= 0.6 is 0 Å². The number of benzene rings is 1. The van der Waals surface area contributed by atoms with Crippen LogP contribution in [0.2, 0.25) is 0 Å². The van der Waals surface area contributed by atoms with E-state index in [4.69, 9.17) is 14.6 Å². The van der Waals surface area contributed by atoms with E-state index >= 15 is 0 Å². The molecule has 1 atom stereocenters. The lowest BCUT2D eigenvalue weighted by molar-refractivity contribution is -0.137. The fourth-order valence-corrected chi connectivity index (χ4v) is 2.18. The first-order valence-corrected chi connectivity index (χ1v) is 6.65. The van der Waals surface area contributed by atoms with E-state index in [0.717, 1.165) is 0 Å². The summed E-state index contributed by atoms with van der Waals surface area (Å²) in [7, 11) is 3.05. The number of aliphatic carboxylic acids is 1. The first-order chi connectivity index (χ1) is 10.1. The Hall–Kier alpha value is -2.26. The van der Waals surface area contributed by atoms with Crippen LogP contribution in [0, 0.1) is 11.3 Å². The Bertz CT molecular complexity index is 525. The van der Waals surface area contributed by atoms with E-state index in [1.54, 1.807) is 23.1 Å². The van der Waals surface area contributed by atoms with Crippen LogP contribution in [0.4, 0.5) is 0 Å². The quantitative estimate of drug-likeness (QED) is 0.789. The van der Waals surface area contributed by atoms with Gasteiger partial charge in [0.25, 0.3) is 0 Å². The Morgan fingerprint density at radius 2 is 2.14 bits per heavy atom. The Balaban J connectivity index is 3.14. The number of hydrogen-bond donors (Lipinski definition) is 1. The van der Waals surface area contributed by atoms with Gasteiger partial charge in [-0.15, -0.1) is 0 Å². The zero-order valence-electron chi connectivity index (χ0n) is 12.5. The van der Waals surface area contributed by atoms with Gasteiger partial charge in [-0.3, -0.25) is 9.69 Å². The van der Waals surface area contributed by atoms with Crippen LogP contribution in [0.15, 0.2) is 18.2 Å². The maximum Gasteiger partial charge on any atom is 0.304 e. The maximum atomic E-state index is 10.7. The number of carboxylic acids is 1. The van der Waals surface area contributed by atoms with Gasteiger partial charge in [0.05, 0.1) is 26.7 Å². The lowest BCUT2D eigenvalue weighted by Crippen LogP contribution is -2.30. The van der Waals surface area contributed by atoms with Gasteiger partial charge in [-0.05, 0) is 12.6 Å². The summed E-state index contributed by atoms with van der Waals surface area (Å²) in [6.07, 6.45) is -0.0156. The second kappa shape index (κ2) is 8.12. The van der Waals surface area contributed by atoms with E-state index in [1.807, 2.05) is 6.92 Å². The molecule has 0 spiro atoms. The predicted octanol–water partition coefficient (Wildman–Crippen LogP) is 2.07. The van der Waals surface area contributed by atoms with Crippen molar-refractivity contribution >= 4 is 5.97 Å².